The topological polar surface area (TPSA) is 41.9 Å². The molecule has 0 amide bonds. The van der Waals surface area contributed by atoms with Crippen LogP contribution < -0.4 is 4.74 Å². The number of likely N-dealkylation sites (tertiary alicyclic amines) is 1. The van der Waals surface area contributed by atoms with Gasteiger partial charge in [-0.05, 0) is 56.1 Å². The fraction of sp³-hybridized carbons (Fsp3) is 0.647. The number of aliphatic hydroxyl groups excluding tert-OH is 1. The van der Waals surface area contributed by atoms with Crippen LogP contribution in [-0.4, -0.2) is 55.6 Å². The monoisotopic (exact) mass is 407 g/mol. The lowest BCUT2D eigenvalue weighted by molar-refractivity contribution is 0.00333. The lowest BCUT2D eigenvalue weighted by Gasteiger charge is -2.31. The molecule has 1 N–H and O–H groups in total. The van der Waals surface area contributed by atoms with Crippen LogP contribution in [0.3, 0.4) is 0 Å². The summed E-state index contributed by atoms with van der Waals surface area (Å²) in [6, 6.07) is 7.71. The van der Waals surface area contributed by atoms with E-state index in [0.29, 0.717) is 26.4 Å². The highest BCUT2D eigenvalue weighted by Gasteiger charge is 2.18. The Morgan fingerprint density at radius 1 is 1.22 bits per heavy atom. The van der Waals surface area contributed by atoms with Gasteiger partial charge in [-0.3, -0.25) is 0 Å². The van der Waals surface area contributed by atoms with Crippen LogP contribution in [0, 0.1) is 5.92 Å². The summed E-state index contributed by atoms with van der Waals surface area (Å²) in [4.78, 5) is 2.33. The zero-order chi connectivity index (χ0) is 15.8. The van der Waals surface area contributed by atoms with E-state index >= 15 is 0 Å². The first-order valence-corrected chi connectivity index (χ1v) is 8.79. The number of rotatable bonds is 8. The molecule has 1 aliphatic heterocycles. The second kappa shape index (κ2) is 11.3. The minimum atomic E-state index is -0.416. The van der Waals surface area contributed by atoms with Gasteiger partial charge in [-0.25, -0.2) is 0 Å². The largest absolute Gasteiger partial charge is 0.491 e. The minimum Gasteiger partial charge on any atom is -0.491 e. The SMILES string of the molecule is CC1CCN(CC(O)COCCOc2ccc(Br)cc2)CC1.Cl. The molecule has 1 aromatic rings. The average molecular weight is 409 g/mol. The van der Waals surface area contributed by atoms with Crippen molar-refractivity contribution in [3.63, 3.8) is 0 Å². The summed E-state index contributed by atoms with van der Waals surface area (Å²) in [7, 11) is 0. The fourth-order valence-electron chi connectivity index (χ4n) is 2.56. The molecular formula is C17H27BrClNO3. The Labute approximate surface area is 153 Å². The van der Waals surface area contributed by atoms with Gasteiger partial charge in [0.15, 0.2) is 0 Å². The molecule has 2 rings (SSSR count). The van der Waals surface area contributed by atoms with E-state index in [0.717, 1.165) is 29.2 Å². The Morgan fingerprint density at radius 2 is 1.87 bits per heavy atom. The average Bonchev–Trinajstić information content (AvgIpc) is 2.51. The number of benzene rings is 1. The van der Waals surface area contributed by atoms with Crippen LogP contribution in [0.5, 0.6) is 5.75 Å². The number of halogens is 2. The second-order valence-electron chi connectivity index (χ2n) is 6.01. The molecule has 1 aliphatic rings. The van der Waals surface area contributed by atoms with Crippen molar-refractivity contribution in [1.29, 1.82) is 0 Å². The molecule has 6 heteroatoms. The summed E-state index contributed by atoms with van der Waals surface area (Å²) in [6.45, 7) is 6.54. The number of piperidine rings is 1. The predicted molar refractivity (Wildman–Crippen MR) is 98.5 cm³/mol. The lowest BCUT2D eigenvalue weighted by Crippen LogP contribution is -2.40. The summed E-state index contributed by atoms with van der Waals surface area (Å²) in [5.74, 6) is 1.65. The molecule has 4 nitrogen and oxygen atoms in total. The van der Waals surface area contributed by atoms with Gasteiger partial charge >= 0.3 is 0 Å². The lowest BCUT2D eigenvalue weighted by atomic mass is 9.99. The van der Waals surface area contributed by atoms with E-state index in [4.69, 9.17) is 9.47 Å². The molecule has 23 heavy (non-hydrogen) atoms. The second-order valence-corrected chi connectivity index (χ2v) is 6.93. The molecule has 0 bridgehead atoms. The first kappa shape index (κ1) is 20.7. The van der Waals surface area contributed by atoms with Crippen molar-refractivity contribution >= 4 is 28.3 Å². The highest BCUT2D eigenvalue weighted by Crippen LogP contribution is 2.16. The first-order chi connectivity index (χ1) is 10.6. The third kappa shape index (κ3) is 8.36. The third-order valence-electron chi connectivity index (χ3n) is 3.97. The number of aliphatic hydroxyl groups is 1. The van der Waals surface area contributed by atoms with Crippen molar-refractivity contribution in [1.82, 2.24) is 4.90 Å². The Morgan fingerprint density at radius 3 is 2.52 bits per heavy atom. The molecule has 1 aromatic carbocycles. The molecule has 0 aromatic heterocycles. The Hall–Kier alpha value is -0.330. The Bertz CT molecular complexity index is 424. The van der Waals surface area contributed by atoms with Crippen molar-refractivity contribution < 1.29 is 14.6 Å². The van der Waals surface area contributed by atoms with Crippen molar-refractivity contribution in [2.75, 3.05) is 39.5 Å². The van der Waals surface area contributed by atoms with Gasteiger partial charge in [0.2, 0.25) is 0 Å². The standard InChI is InChI=1S/C17H26BrNO3.ClH/c1-14-6-8-19(9-7-14)12-16(20)13-21-10-11-22-17-4-2-15(18)3-5-17;/h2-5,14,16,20H,6-13H2,1H3;1H. The summed E-state index contributed by atoms with van der Waals surface area (Å²) < 4.78 is 12.1. The summed E-state index contributed by atoms with van der Waals surface area (Å²) >= 11 is 3.39. The highest BCUT2D eigenvalue weighted by atomic mass is 79.9. The molecule has 132 valence electrons. The van der Waals surface area contributed by atoms with Gasteiger partial charge in [0.1, 0.15) is 12.4 Å². The maximum atomic E-state index is 10.0. The van der Waals surface area contributed by atoms with Crippen LogP contribution in [0.15, 0.2) is 28.7 Å². The third-order valence-corrected chi connectivity index (χ3v) is 4.49. The molecule has 1 fully saturated rings. The van der Waals surface area contributed by atoms with E-state index in [1.54, 1.807) is 0 Å². The number of nitrogens with zero attached hydrogens (tertiary/aromatic N) is 1. The highest BCUT2D eigenvalue weighted by molar-refractivity contribution is 9.10. The Kier molecular flexibility index (Phi) is 10.1. The van der Waals surface area contributed by atoms with Gasteiger partial charge in [0.05, 0.1) is 19.3 Å². The van der Waals surface area contributed by atoms with Gasteiger partial charge in [-0.2, -0.15) is 0 Å². The quantitative estimate of drug-likeness (QED) is 0.670. The fourth-order valence-corrected chi connectivity index (χ4v) is 2.83. The molecule has 0 saturated carbocycles. The number of hydrogen-bond donors (Lipinski definition) is 1. The normalized spacial score (nSPS) is 17.5. The van der Waals surface area contributed by atoms with Crippen LogP contribution in [0.4, 0.5) is 0 Å². The van der Waals surface area contributed by atoms with Gasteiger partial charge < -0.3 is 19.5 Å². The molecule has 0 radical (unpaired) electrons. The molecule has 1 heterocycles. The van der Waals surface area contributed by atoms with E-state index < -0.39 is 6.10 Å². The van der Waals surface area contributed by atoms with E-state index in [9.17, 15) is 5.11 Å². The van der Waals surface area contributed by atoms with Crippen molar-refractivity contribution in [3.05, 3.63) is 28.7 Å². The molecule has 0 aliphatic carbocycles. The van der Waals surface area contributed by atoms with E-state index in [2.05, 4.69) is 27.8 Å². The molecule has 0 spiro atoms. The molecular weight excluding hydrogens is 382 g/mol. The van der Waals surface area contributed by atoms with Gasteiger partial charge in [-0.15, -0.1) is 12.4 Å². The van der Waals surface area contributed by atoms with Crippen LogP contribution in [0.1, 0.15) is 19.8 Å². The maximum absolute atomic E-state index is 10.0. The van der Waals surface area contributed by atoms with E-state index in [1.807, 2.05) is 24.3 Å². The first-order valence-electron chi connectivity index (χ1n) is 8.00. The van der Waals surface area contributed by atoms with Crippen LogP contribution in [0.2, 0.25) is 0 Å². The van der Waals surface area contributed by atoms with Crippen molar-refractivity contribution in [2.45, 2.75) is 25.9 Å². The van der Waals surface area contributed by atoms with Crippen molar-refractivity contribution in [2.24, 2.45) is 5.92 Å². The molecule has 1 saturated heterocycles. The molecule has 1 atom stereocenters. The van der Waals surface area contributed by atoms with Gasteiger partial charge in [0.25, 0.3) is 0 Å². The number of hydrogen-bond acceptors (Lipinski definition) is 4. The minimum absolute atomic E-state index is 0. The predicted octanol–water partition coefficient (Wildman–Crippen LogP) is 3.36. The van der Waals surface area contributed by atoms with Crippen LogP contribution in [-0.2, 0) is 4.74 Å². The number of ether oxygens (including phenoxy) is 2. The summed E-state index contributed by atoms with van der Waals surface area (Å²) in [5, 5.41) is 10.0. The van der Waals surface area contributed by atoms with Crippen LogP contribution in [0.25, 0.3) is 0 Å². The smallest absolute Gasteiger partial charge is 0.119 e. The summed E-state index contributed by atoms with van der Waals surface area (Å²) in [5.41, 5.74) is 0. The van der Waals surface area contributed by atoms with Crippen molar-refractivity contribution in [3.8, 4) is 5.75 Å². The maximum Gasteiger partial charge on any atom is 0.119 e. The van der Waals surface area contributed by atoms with Gasteiger partial charge in [0, 0.05) is 11.0 Å². The van der Waals surface area contributed by atoms with E-state index in [1.165, 1.54) is 12.8 Å². The zero-order valence-electron chi connectivity index (χ0n) is 13.6. The zero-order valence-corrected chi connectivity index (χ0v) is 16.0. The van der Waals surface area contributed by atoms with E-state index in [-0.39, 0.29) is 12.4 Å². The summed E-state index contributed by atoms with van der Waals surface area (Å²) in [6.07, 6.45) is 2.05. The molecule has 1 unspecified atom stereocenters. The Balaban J connectivity index is 0.00000264. The van der Waals surface area contributed by atoms with Gasteiger partial charge in [-0.1, -0.05) is 22.9 Å². The number of β-amino-alcohol motifs (C(OH)–C–C–N with tert-alkyl or cyclic N) is 1. The van der Waals surface area contributed by atoms with Crippen LogP contribution >= 0.6 is 28.3 Å².